The molecule has 0 radical (unpaired) electrons. The lowest BCUT2D eigenvalue weighted by atomic mass is 10.00. The minimum atomic E-state index is -0.385. The molecule has 0 bridgehead atoms. The second-order valence-corrected chi connectivity index (χ2v) is 6.09. The number of imide groups is 1. The molecule has 4 N–H and O–H groups in total. The minimum absolute atomic E-state index is 0.137. The fraction of sp³-hybridized carbons (Fsp3) is 0.333. The van der Waals surface area contributed by atoms with E-state index in [2.05, 4.69) is 41.8 Å². The van der Waals surface area contributed by atoms with Gasteiger partial charge in [-0.15, -0.1) is 0 Å². The van der Waals surface area contributed by atoms with Crippen LogP contribution in [0.15, 0.2) is 42.5 Å². The molecule has 3 rings (SSSR count). The number of carbonyl (C=O) groups is 2. The molecule has 1 atom stereocenters. The van der Waals surface area contributed by atoms with E-state index < -0.39 is 0 Å². The Bertz CT molecular complexity index is 720. The van der Waals surface area contributed by atoms with Crippen molar-refractivity contribution in [3.8, 4) is 0 Å². The topological polar surface area (TPSA) is 74.8 Å². The van der Waals surface area contributed by atoms with Crippen molar-refractivity contribution in [3.63, 3.8) is 0 Å². The van der Waals surface area contributed by atoms with Crippen LogP contribution < -0.4 is 16.0 Å². The molecule has 2 aromatic rings. The van der Waals surface area contributed by atoms with E-state index in [1.807, 2.05) is 23.5 Å². The number of amides is 3. The maximum atomic E-state index is 11.9. The number of fused-ring (bicyclic) bond motifs is 1. The molecule has 120 valence electrons. The zero-order valence-corrected chi connectivity index (χ0v) is 13.2. The van der Waals surface area contributed by atoms with Gasteiger partial charge in [-0.1, -0.05) is 42.5 Å². The third-order valence-electron chi connectivity index (χ3n) is 4.14. The summed E-state index contributed by atoms with van der Waals surface area (Å²) in [5.41, 5.74) is 1.19. The normalized spacial score (nSPS) is 15.2. The smallest absolute Gasteiger partial charge is 0.321 e. The summed E-state index contributed by atoms with van der Waals surface area (Å²) >= 11 is 0. The molecular formula is C18H22N3O2+. The molecule has 0 saturated heterocycles. The first-order chi connectivity index (χ1) is 11.1. The van der Waals surface area contributed by atoms with Crippen molar-refractivity contribution < 1.29 is 14.9 Å². The Morgan fingerprint density at radius 1 is 1.17 bits per heavy atom. The third kappa shape index (κ3) is 4.07. The number of hydrogen-bond acceptors (Lipinski definition) is 2. The molecule has 1 aliphatic rings. The molecule has 3 amide bonds. The highest BCUT2D eigenvalue weighted by Crippen LogP contribution is 2.22. The molecule has 1 saturated carbocycles. The van der Waals surface area contributed by atoms with E-state index in [0.29, 0.717) is 0 Å². The van der Waals surface area contributed by atoms with Crippen LogP contribution in [-0.2, 0) is 4.79 Å². The Balaban J connectivity index is 1.56. The molecule has 2 aromatic carbocycles. The number of rotatable bonds is 5. The largest absolute Gasteiger partial charge is 0.335 e. The Morgan fingerprint density at radius 2 is 1.91 bits per heavy atom. The number of urea groups is 1. The van der Waals surface area contributed by atoms with Crippen LogP contribution in [0.5, 0.6) is 0 Å². The summed E-state index contributed by atoms with van der Waals surface area (Å²) in [5, 5.41) is 9.46. The first-order valence-corrected chi connectivity index (χ1v) is 8.05. The molecule has 0 heterocycles. The van der Waals surface area contributed by atoms with E-state index >= 15 is 0 Å². The van der Waals surface area contributed by atoms with E-state index in [4.69, 9.17) is 0 Å². The molecule has 23 heavy (non-hydrogen) atoms. The van der Waals surface area contributed by atoms with Gasteiger partial charge in [-0.25, -0.2) is 4.79 Å². The number of hydrogen-bond donors (Lipinski definition) is 3. The average Bonchev–Trinajstić information content (AvgIpc) is 3.35. The molecule has 0 spiro atoms. The van der Waals surface area contributed by atoms with Gasteiger partial charge in [-0.3, -0.25) is 10.1 Å². The van der Waals surface area contributed by atoms with E-state index in [0.717, 1.165) is 12.8 Å². The van der Waals surface area contributed by atoms with E-state index in [9.17, 15) is 9.59 Å². The second-order valence-electron chi connectivity index (χ2n) is 6.09. The SMILES string of the molecule is C[C@H]([NH2+]CC(=O)NC(=O)NC1CC1)c1cccc2ccccc12. The Kier molecular flexibility index (Phi) is 4.57. The van der Waals surface area contributed by atoms with Crippen LogP contribution in [0.2, 0.25) is 0 Å². The zero-order chi connectivity index (χ0) is 16.2. The molecular weight excluding hydrogens is 290 g/mol. The van der Waals surface area contributed by atoms with Crippen molar-refractivity contribution in [3.05, 3.63) is 48.0 Å². The lowest BCUT2D eigenvalue weighted by molar-refractivity contribution is -0.682. The fourth-order valence-electron chi connectivity index (χ4n) is 2.69. The van der Waals surface area contributed by atoms with Crippen molar-refractivity contribution in [2.24, 2.45) is 0 Å². The Labute approximate surface area is 135 Å². The first kappa shape index (κ1) is 15.5. The highest BCUT2D eigenvalue weighted by Gasteiger charge is 2.24. The summed E-state index contributed by atoms with van der Waals surface area (Å²) in [6.07, 6.45) is 2.01. The van der Waals surface area contributed by atoms with Crippen LogP contribution in [0.4, 0.5) is 4.79 Å². The molecule has 0 aromatic heterocycles. The fourth-order valence-corrected chi connectivity index (χ4v) is 2.69. The van der Waals surface area contributed by atoms with Crippen molar-refractivity contribution >= 4 is 22.7 Å². The number of nitrogens with one attached hydrogen (secondary N) is 2. The summed E-state index contributed by atoms with van der Waals surface area (Å²) < 4.78 is 0. The summed E-state index contributed by atoms with van der Waals surface area (Å²) in [6, 6.07) is 14.4. The van der Waals surface area contributed by atoms with Crippen molar-refractivity contribution in [2.45, 2.75) is 31.8 Å². The predicted octanol–water partition coefficient (Wildman–Crippen LogP) is 1.45. The van der Waals surface area contributed by atoms with Crippen LogP contribution in [0.3, 0.4) is 0 Å². The van der Waals surface area contributed by atoms with Gasteiger partial charge >= 0.3 is 6.03 Å². The Morgan fingerprint density at radius 3 is 2.70 bits per heavy atom. The molecule has 1 fully saturated rings. The van der Waals surface area contributed by atoms with Gasteiger partial charge in [-0.2, -0.15) is 0 Å². The summed E-state index contributed by atoms with van der Waals surface area (Å²) in [7, 11) is 0. The lowest BCUT2D eigenvalue weighted by Crippen LogP contribution is -2.87. The minimum Gasteiger partial charge on any atom is -0.335 e. The summed E-state index contributed by atoms with van der Waals surface area (Å²) in [6.45, 7) is 2.29. The van der Waals surface area contributed by atoms with Gasteiger partial charge in [-0.05, 0) is 30.5 Å². The number of nitrogens with two attached hydrogens (primary N) is 1. The summed E-state index contributed by atoms with van der Waals surface area (Å²) in [5.74, 6) is -0.268. The molecule has 5 nitrogen and oxygen atoms in total. The van der Waals surface area contributed by atoms with Crippen molar-refractivity contribution in [1.29, 1.82) is 0 Å². The first-order valence-electron chi connectivity index (χ1n) is 8.05. The maximum Gasteiger partial charge on any atom is 0.321 e. The standard InChI is InChI=1S/C18H21N3O2/c1-12(15-8-4-6-13-5-2-3-7-16(13)15)19-11-17(22)21-18(23)20-14-9-10-14/h2-8,12,14,19H,9-11H2,1H3,(H2,20,21,22,23)/p+1/t12-/m0/s1. The maximum absolute atomic E-state index is 11.9. The van der Waals surface area contributed by atoms with Crippen LogP contribution in [0.25, 0.3) is 10.8 Å². The van der Waals surface area contributed by atoms with Gasteiger partial charge in [0.2, 0.25) is 0 Å². The van der Waals surface area contributed by atoms with E-state index in [1.54, 1.807) is 0 Å². The average molecular weight is 312 g/mol. The van der Waals surface area contributed by atoms with Gasteiger partial charge in [0.1, 0.15) is 6.04 Å². The zero-order valence-electron chi connectivity index (χ0n) is 13.2. The van der Waals surface area contributed by atoms with Gasteiger partial charge in [0, 0.05) is 11.6 Å². The van der Waals surface area contributed by atoms with E-state index in [1.165, 1.54) is 16.3 Å². The lowest BCUT2D eigenvalue weighted by Gasteiger charge is -2.13. The molecule has 1 aliphatic carbocycles. The van der Waals surface area contributed by atoms with Crippen LogP contribution >= 0.6 is 0 Å². The van der Waals surface area contributed by atoms with Crippen LogP contribution in [-0.4, -0.2) is 24.5 Å². The van der Waals surface area contributed by atoms with Crippen LogP contribution in [0, 0.1) is 0 Å². The second kappa shape index (κ2) is 6.79. The summed E-state index contributed by atoms with van der Waals surface area (Å²) in [4.78, 5) is 23.4. The molecule has 0 unspecified atom stereocenters. The van der Waals surface area contributed by atoms with E-state index in [-0.39, 0.29) is 30.6 Å². The number of benzene rings is 2. The number of carbonyl (C=O) groups excluding carboxylic acids is 2. The van der Waals surface area contributed by atoms with Gasteiger partial charge in [0.25, 0.3) is 5.91 Å². The highest BCUT2D eigenvalue weighted by molar-refractivity contribution is 5.94. The predicted molar refractivity (Wildman–Crippen MR) is 88.9 cm³/mol. The van der Waals surface area contributed by atoms with Crippen LogP contribution in [0.1, 0.15) is 31.4 Å². The van der Waals surface area contributed by atoms with Gasteiger partial charge in [0.15, 0.2) is 6.54 Å². The van der Waals surface area contributed by atoms with Gasteiger partial charge in [0.05, 0.1) is 0 Å². The molecule has 5 heteroatoms. The Hall–Kier alpha value is -2.40. The highest BCUT2D eigenvalue weighted by atomic mass is 16.2. The van der Waals surface area contributed by atoms with Crippen molar-refractivity contribution in [1.82, 2.24) is 10.6 Å². The number of quaternary nitrogens is 1. The monoisotopic (exact) mass is 312 g/mol. The van der Waals surface area contributed by atoms with Crippen molar-refractivity contribution in [2.75, 3.05) is 6.54 Å². The third-order valence-corrected chi connectivity index (χ3v) is 4.14. The molecule has 0 aliphatic heterocycles. The van der Waals surface area contributed by atoms with Gasteiger partial charge < -0.3 is 10.6 Å². The quantitative estimate of drug-likeness (QED) is 0.782.